The van der Waals surface area contributed by atoms with Crippen LogP contribution < -0.4 is 99.8 Å². The smallest absolute Gasteiger partial charge is 1.00 e. The van der Waals surface area contributed by atoms with Crippen molar-refractivity contribution >= 4 is 0 Å². The van der Waals surface area contributed by atoms with Gasteiger partial charge in [0.05, 0.1) is 0 Å². The molecule has 0 rings (SSSR count). The molecule has 0 aliphatic heterocycles. The summed E-state index contributed by atoms with van der Waals surface area (Å²) in [5, 5.41) is 0. The number of halogens is 1. The predicted octanol–water partition coefficient (Wildman–Crippen LogP) is -8.50. The van der Waals surface area contributed by atoms with Crippen LogP contribution in [0.5, 0.6) is 0 Å². The molecular formula is H4FKLiNa. The third-order valence-corrected chi connectivity index (χ3v) is 0. The van der Waals surface area contributed by atoms with Crippen molar-refractivity contribution in [2.24, 2.45) is 0 Å². The molecule has 0 unspecified atom stereocenters. The Morgan fingerprint density at radius 2 is 1.25 bits per heavy atom. The van der Waals surface area contributed by atoms with Crippen molar-refractivity contribution in [3.05, 3.63) is 0 Å². The molecule has 0 radical (unpaired) electrons. The molecule has 0 aromatic heterocycles. The van der Waals surface area contributed by atoms with Crippen molar-refractivity contribution in [3.8, 4) is 0 Å². The van der Waals surface area contributed by atoms with E-state index in [4.69, 9.17) is 0 Å². The Labute approximate surface area is 106 Å². The van der Waals surface area contributed by atoms with Gasteiger partial charge in [-0.2, -0.15) is 0 Å². The summed E-state index contributed by atoms with van der Waals surface area (Å²) in [6.07, 6.45) is 0. The first-order chi connectivity index (χ1) is 0. The molecule has 0 heterocycles. The molecule has 0 aromatic carbocycles. The van der Waals surface area contributed by atoms with Crippen molar-refractivity contribution in [1.82, 2.24) is 0 Å². The third-order valence-electron chi connectivity index (χ3n) is 0. The van der Waals surface area contributed by atoms with Gasteiger partial charge in [-0.1, -0.05) is 0 Å². The molecule has 0 amide bonds. The average Bonchev–Trinajstić information content (AvgIpc) is 0. The van der Waals surface area contributed by atoms with Crippen LogP contribution in [0.4, 0.5) is 4.70 Å². The maximum atomic E-state index is 0. The predicted molar refractivity (Wildman–Crippen MR) is 5.84 cm³/mol. The van der Waals surface area contributed by atoms with E-state index in [1.54, 1.807) is 0 Å². The largest absolute Gasteiger partial charge is 1.00 e. The van der Waals surface area contributed by atoms with Gasteiger partial charge in [0.15, 0.2) is 0 Å². The summed E-state index contributed by atoms with van der Waals surface area (Å²) in [7, 11) is 0. The van der Waals surface area contributed by atoms with E-state index >= 15 is 0 Å². The van der Waals surface area contributed by atoms with Crippen molar-refractivity contribution < 1.29 is 109 Å². The minimum absolute atomic E-state index is 0. The summed E-state index contributed by atoms with van der Waals surface area (Å²) in [6, 6.07) is 0. The van der Waals surface area contributed by atoms with Gasteiger partial charge >= 0.3 is 99.8 Å². The van der Waals surface area contributed by atoms with Gasteiger partial charge in [-0.3, -0.25) is 4.70 Å². The van der Waals surface area contributed by atoms with Crippen LogP contribution in [0.25, 0.3) is 0 Å². The van der Waals surface area contributed by atoms with Crippen LogP contribution in [0.2, 0.25) is 0 Å². The summed E-state index contributed by atoms with van der Waals surface area (Å²) < 4.78 is 0. The fourth-order valence-corrected chi connectivity index (χ4v) is 0. The molecule has 0 nitrogen and oxygen atoms in total. The number of rotatable bonds is 0. The van der Waals surface area contributed by atoms with Gasteiger partial charge in [-0.25, -0.2) is 0 Å². The van der Waals surface area contributed by atoms with Crippen LogP contribution in [0.3, 0.4) is 0 Å². The van der Waals surface area contributed by atoms with Gasteiger partial charge in [-0.05, 0) is 0 Å². The van der Waals surface area contributed by atoms with Crippen LogP contribution in [0, 0.1) is 0 Å². The molecule has 0 aromatic rings. The summed E-state index contributed by atoms with van der Waals surface area (Å²) in [5.74, 6) is 0. The van der Waals surface area contributed by atoms with Crippen LogP contribution in [-0.4, -0.2) is 0 Å². The Hall–Kier alpha value is 3.16. The van der Waals surface area contributed by atoms with E-state index in [2.05, 4.69) is 0 Å². The topological polar surface area (TPSA) is 0 Å². The first-order valence-electron chi connectivity index (χ1n) is 0. The minimum Gasteiger partial charge on any atom is -1.00 e. The Morgan fingerprint density at radius 3 is 1.25 bits per heavy atom. The van der Waals surface area contributed by atoms with Crippen LogP contribution in [-0.2, 0) is 0 Å². The van der Waals surface area contributed by atoms with Crippen LogP contribution in [0.1, 0.15) is 4.28 Å². The van der Waals surface area contributed by atoms with E-state index in [-0.39, 0.29) is 109 Å². The molecule has 0 saturated heterocycles. The molecule has 0 saturated carbocycles. The van der Waals surface area contributed by atoms with Gasteiger partial charge < -0.3 is 4.28 Å². The van der Waals surface area contributed by atoms with Crippen molar-refractivity contribution in [1.29, 1.82) is 0 Å². The standard InChI is InChI=1S/FH.K.Li.Na.3H/h1H;;;;;;/q;3*+1;3*-1. The molecule has 0 aliphatic rings. The first kappa shape index (κ1) is 27.2. The van der Waals surface area contributed by atoms with Crippen LogP contribution >= 0.6 is 0 Å². The summed E-state index contributed by atoms with van der Waals surface area (Å²) >= 11 is 0. The molecule has 0 bridgehead atoms. The SMILES string of the molecule is F.[H-].[H-].[H-].[K+].[Li+].[Na+]. The molecule has 0 atom stereocenters. The van der Waals surface area contributed by atoms with Gasteiger partial charge in [0.25, 0.3) is 0 Å². The average molecular weight is 92.1 g/mol. The Bertz CT molecular complexity index is 14.9. The summed E-state index contributed by atoms with van der Waals surface area (Å²) in [4.78, 5) is 0. The number of hydrogen-bond acceptors (Lipinski definition) is 0. The molecule has 0 N–H and O–H groups in total. The molecule has 4 heteroatoms. The molecule has 14 valence electrons. The van der Waals surface area contributed by atoms with Crippen LogP contribution in [0.15, 0.2) is 0 Å². The fourth-order valence-electron chi connectivity index (χ4n) is 0. The Morgan fingerprint density at radius 1 is 1.25 bits per heavy atom. The number of hydrogen-bond donors (Lipinski definition) is 0. The zero-order valence-electron chi connectivity index (χ0n) is 6.41. The van der Waals surface area contributed by atoms with Gasteiger partial charge in [0.2, 0.25) is 0 Å². The van der Waals surface area contributed by atoms with Crippen molar-refractivity contribution in [3.63, 3.8) is 0 Å². The molecule has 0 spiro atoms. The van der Waals surface area contributed by atoms with Gasteiger partial charge in [0.1, 0.15) is 0 Å². The normalized spacial score (nSPS) is 0. The zero-order valence-corrected chi connectivity index (χ0v) is 8.53. The van der Waals surface area contributed by atoms with E-state index in [0.717, 1.165) is 0 Å². The van der Waals surface area contributed by atoms with E-state index in [0.29, 0.717) is 0 Å². The second-order valence-electron chi connectivity index (χ2n) is 0. The summed E-state index contributed by atoms with van der Waals surface area (Å²) in [6.45, 7) is 0. The third kappa shape index (κ3) is 8.94. The van der Waals surface area contributed by atoms with E-state index in [1.807, 2.05) is 0 Å². The van der Waals surface area contributed by atoms with Crippen molar-refractivity contribution in [2.75, 3.05) is 0 Å². The maximum absolute atomic E-state index is 0. The van der Waals surface area contributed by atoms with Gasteiger partial charge in [-0.15, -0.1) is 0 Å². The van der Waals surface area contributed by atoms with Crippen molar-refractivity contribution in [2.45, 2.75) is 0 Å². The monoisotopic (exact) mass is 92.0 g/mol. The maximum Gasteiger partial charge on any atom is 1.00 e. The second-order valence-corrected chi connectivity index (χ2v) is 0. The van der Waals surface area contributed by atoms with E-state index in [9.17, 15) is 0 Å². The Kier molecular flexibility index (Phi) is 112. The first-order valence-corrected chi connectivity index (χ1v) is 0. The second kappa shape index (κ2) is 16.4. The molecule has 0 fully saturated rings. The van der Waals surface area contributed by atoms with E-state index in [1.165, 1.54) is 0 Å². The van der Waals surface area contributed by atoms with E-state index < -0.39 is 0 Å². The molecule has 0 aliphatic carbocycles. The zero-order chi connectivity index (χ0) is 0. The minimum atomic E-state index is 0. The molecule has 4 heavy (non-hydrogen) atoms. The quantitative estimate of drug-likeness (QED) is 0.260. The molecular weight excluding hydrogens is 88.0 g/mol. The van der Waals surface area contributed by atoms with Gasteiger partial charge in [0, 0.05) is 0 Å². The fraction of sp³-hybridized carbons (Fsp3) is 0. The Balaban J connectivity index is 0. The summed E-state index contributed by atoms with van der Waals surface area (Å²) in [5.41, 5.74) is 0.